The Bertz CT molecular complexity index is 368. The molecule has 0 unspecified atom stereocenters. The van der Waals surface area contributed by atoms with Gasteiger partial charge in [-0.3, -0.25) is 4.79 Å². The van der Waals surface area contributed by atoms with Gasteiger partial charge in [0.05, 0.1) is 13.0 Å². The van der Waals surface area contributed by atoms with Crippen LogP contribution < -0.4 is 5.73 Å². The van der Waals surface area contributed by atoms with Gasteiger partial charge in [0.1, 0.15) is 0 Å². The van der Waals surface area contributed by atoms with Gasteiger partial charge in [-0.1, -0.05) is 36.4 Å². The molecule has 3 nitrogen and oxygen atoms in total. The molecule has 1 rings (SSSR count). The van der Waals surface area contributed by atoms with Crippen LogP contribution in [0.3, 0.4) is 0 Å². The van der Waals surface area contributed by atoms with E-state index >= 15 is 0 Å². The van der Waals surface area contributed by atoms with E-state index < -0.39 is 0 Å². The van der Waals surface area contributed by atoms with Crippen LogP contribution in [0.5, 0.6) is 0 Å². The van der Waals surface area contributed by atoms with Crippen LogP contribution in [0.15, 0.2) is 30.3 Å². The van der Waals surface area contributed by atoms with E-state index in [4.69, 9.17) is 10.5 Å². The molecule has 0 saturated carbocycles. The van der Waals surface area contributed by atoms with Gasteiger partial charge in [0.15, 0.2) is 0 Å². The molecule has 1 aromatic rings. The number of carbonyl (C=O) groups excluding carboxylic acids is 1. The predicted octanol–water partition coefficient (Wildman–Crippen LogP) is 2.15. The molecular formula is C14H19NO2. The molecule has 0 amide bonds. The zero-order chi connectivity index (χ0) is 12.5. The van der Waals surface area contributed by atoms with E-state index in [2.05, 4.69) is 0 Å². The van der Waals surface area contributed by atoms with Gasteiger partial charge >= 0.3 is 5.97 Å². The average molecular weight is 233 g/mol. The Hall–Kier alpha value is -1.61. The van der Waals surface area contributed by atoms with Crippen molar-refractivity contribution in [3.63, 3.8) is 0 Å². The van der Waals surface area contributed by atoms with E-state index in [-0.39, 0.29) is 5.97 Å². The van der Waals surface area contributed by atoms with E-state index in [1.165, 1.54) is 0 Å². The highest BCUT2D eigenvalue weighted by Crippen LogP contribution is 2.08. The summed E-state index contributed by atoms with van der Waals surface area (Å²) in [6.45, 7) is 2.90. The second-order valence-electron chi connectivity index (χ2n) is 3.70. The van der Waals surface area contributed by atoms with Crippen LogP contribution >= 0.6 is 0 Å². The topological polar surface area (TPSA) is 52.3 Å². The summed E-state index contributed by atoms with van der Waals surface area (Å²) in [6.07, 6.45) is 5.28. The molecular weight excluding hydrogens is 214 g/mol. The van der Waals surface area contributed by atoms with Crippen molar-refractivity contribution in [3.05, 3.63) is 41.5 Å². The van der Waals surface area contributed by atoms with Crippen LogP contribution in [0.2, 0.25) is 0 Å². The number of ether oxygens (including phenoxy) is 1. The summed E-state index contributed by atoms with van der Waals surface area (Å²) < 4.78 is 4.89. The molecule has 1 aromatic carbocycles. The van der Waals surface area contributed by atoms with Gasteiger partial charge in [-0.05, 0) is 31.0 Å². The van der Waals surface area contributed by atoms with Crippen LogP contribution in [0, 0.1) is 0 Å². The molecule has 92 valence electrons. The van der Waals surface area contributed by atoms with Crippen LogP contribution in [-0.4, -0.2) is 19.1 Å². The molecule has 0 aromatic heterocycles. The maximum absolute atomic E-state index is 11.3. The molecule has 0 aliphatic heterocycles. The Kier molecular flexibility index (Phi) is 6.04. The number of hydrogen-bond donors (Lipinski definition) is 1. The van der Waals surface area contributed by atoms with Gasteiger partial charge < -0.3 is 10.5 Å². The fraction of sp³-hybridized carbons (Fsp3) is 0.357. The lowest BCUT2D eigenvalue weighted by Crippen LogP contribution is -2.07. The summed E-state index contributed by atoms with van der Waals surface area (Å²) in [5, 5.41) is 0. The molecule has 0 aliphatic rings. The molecule has 2 N–H and O–H groups in total. The van der Waals surface area contributed by atoms with Crippen molar-refractivity contribution in [1.29, 1.82) is 0 Å². The summed E-state index contributed by atoms with van der Waals surface area (Å²) in [5.41, 5.74) is 7.49. The van der Waals surface area contributed by atoms with Gasteiger partial charge in [-0.15, -0.1) is 0 Å². The highest BCUT2D eigenvalue weighted by atomic mass is 16.5. The quantitative estimate of drug-likeness (QED) is 0.766. The van der Waals surface area contributed by atoms with Crippen molar-refractivity contribution in [2.24, 2.45) is 5.73 Å². The van der Waals surface area contributed by atoms with Gasteiger partial charge in [0.25, 0.3) is 0 Å². The lowest BCUT2D eigenvalue weighted by Gasteiger charge is -2.02. The van der Waals surface area contributed by atoms with Crippen molar-refractivity contribution in [1.82, 2.24) is 0 Å². The summed E-state index contributed by atoms with van der Waals surface area (Å²) in [4.78, 5) is 11.3. The van der Waals surface area contributed by atoms with Crippen LogP contribution in [0.1, 0.15) is 24.5 Å². The third-order valence-electron chi connectivity index (χ3n) is 2.28. The molecule has 17 heavy (non-hydrogen) atoms. The first-order valence-electron chi connectivity index (χ1n) is 5.87. The maximum Gasteiger partial charge on any atom is 0.310 e. The van der Waals surface area contributed by atoms with Crippen LogP contribution in [0.4, 0.5) is 0 Å². The van der Waals surface area contributed by atoms with E-state index in [1.807, 2.05) is 43.3 Å². The molecule has 0 saturated heterocycles. The number of hydrogen-bond acceptors (Lipinski definition) is 3. The summed E-state index contributed by atoms with van der Waals surface area (Å²) in [7, 11) is 0. The highest BCUT2D eigenvalue weighted by Gasteiger charge is 2.02. The molecule has 0 radical (unpaired) electrons. The van der Waals surface area contributed by atoms with E-state index in [0.29, 0.717) is 19.6 Å². The second-order valence-corrected chi connectivity index (χ2v) is 3.70. The lowest BCUT2D eigenvalue weighted by atomic mass is 10.1. The number of benzene rings is 1. The Morgan fingerprint density at radius 2 is 2.06 bits per heavy atom. The van der Waals surface area contributed by atoms with Crippen LogP contribution in [-0.2, 0) is 16.0 Å². The predicted molar refractivity (Wildman–Crippen MR) is 69.5 cm³/mol. The maximum atomic E-state index is 11.3. The Labute approximate surface area is 102 Å². The summed E-state index contributed by atoms with van der Waals surface area (Å²) >= 11 is 0. The van der Waals surface area contributed by atoms with E-state index in [0.717, 1.165) is 17.5 Å². The van der Waals surface area contributed by atoms with E-state index in [9.17, 15) is 4.79 Å². The lowest BCUT2D eigenvalue weighted by molar-refractivity contribution is -0.142. The molecule has 0 aliphatic carbocycles. The fourth-order valence-electron chi connectivity index (χ4n) is 1.44. The first-order chi connectivity index (χ1) is 8.26. The van der Waals surface area contributed by atoms with E-state index in [1.54, 1.807) is 0 Å². The van der Waals surface area contributed by atoms with Gasteiger partial charge in [-0.2, -0.15) is 0 Å². The van der Waals surface area contributed by atoms with Gasteiger partial charge in [0.2, 0.25) is 0 Å². The highest BCUT2D eigenvalue weighted by molar-refractivity contribution is 5.72. The molecule has 0 atom stereocenters. The fourth-order valence-corrected chi connectivity index (χ4v) is 1.44. The molecule has 0 bridgehead atoms. The van der Waals surface area contributed by atoms with Crippen LogP contribution in [0.25, 0.3) is 6.08 Å². The normalized spacial score (nSPS) is 10.7. The van der Waals surface area contributed by atoms with Crippen molar-refractivity contribution in [3.8, 4) is 0 Å². The smallest absolute Gasteiger partial charge is 0.310 e. The van der Waals surface area contributed by atoms with Crippen molar-refractivity contribution in [2.75, 3.05) is 13.2 Å². The molecule has 3 heteroatoms. The third kappa shape index (κ3) is 5.31. The minimum atomic E-state index is -0.182. The zero-order valence-corrected chi connectivity index (χ0v) is 10.2. The first-order valence-corrected chi connectivity index (χ1v) is 5.87. The first kappa shape index (κ1) is 13.5. The molecule has 0 fully saturated rings. The Morgan fingerprint density at radius 1 is 1.35 bits per heavy atom. The Balaban J connectivity index is 2.52. The van der Waals surface area contributed by atoms with Gasteiger partial charge in [-0.25, -0.2) is 0 Å². The second kappa shape index (κ2) is 7.63. The molecule has 0 heterocycles. The largest absolute Gasteiger partial charge is 0.466 e. The van der Waals surface area contributed by atoms with Crippen molar-refractivity contribution in [2.45, 2.75) is 19.8 Å². The third-order valence-corrected chi connectivity index (χ3v) is 2.28. The summed E-state index contributed by atoms with van der Waals surface area (Å²) in [5.74, 6) is -0.182. The number of nitrogens with two attached hydrogens (primary N) is 1. The standard InChI is InChI=1S/C14H19NO2/c1-2-17-14(16)11-13-8-6-12(7-9-13)5-3-4-10-15/h3,5-9H,2,4,10-11,15H2,1H3. The number of esters is 1. The average Bonchev–Trinajstić information content (AvgIpc) is 2.32. The molecule has 0 spiro atoms. The number of rotatable bonds is 6. The minimum Gasteiger partial charge on any atom is -0.466 e. The zero-order valence-electron chi connectivity index (χ0n) is 10.2. The van der Waals surface area contributed by atoms with Gasteiger partial charge in [0, 0.05) is 0 Å². The summed E-state index contributed by atoms with van der Waals surface area (Å²) in [6, 6.07) is 7.86. The Morgan fingerprint density at radius 3 is 2.65 bits per heavy atom. The SMILES string of the molecule is CCOC(=O)Cc1ccc(C=CCCN)cc1. The van der Waals surface area contributed by atoms with Crippen molar-refractivity contribution >= 4 is 12.0 Å². The number of carbonyl (C=O) groups is 1. The van der Waals surface area contributed by atoms with Crippen molar-refractivity contribution < 1.29 is 9.53 Å². The minimum absolute atomic E-state index is 0.182. The monoisotopic (exact) mass is 233 g/mol.